The van der Waals surface area contributed by atoms with Gasteiger partial charge in [0.2, 0.25) is 0 Å². The Morgan fingerprint density at radius 3 is 2.35 bits per heavy atom. The molecule has 4 nitrogen and oxygen atoms in total. The van der Waals surface area contributed by atoms with Crippen molar-refractivity contribution in [3.05, 3.63) is 34.9 Å². The van der Waals surface area contributed by atoms with Gasteiger partial charge < -0.3 is 10.0 Å². The number of carbonyl (C=O) groups excluding carboxylic acids is 1. The van der Waals surface area contributed by atoms with Crippen LogP contribution in [-0.4, -0.2) is 35.0 Å². The van der Waals surface area contributed by atoms with Gasteiger partial charge in [-0.1, -0.05) is 11.6 Å². The summed E-state index contributed by atoms with van der Waals surface area (Å²) in [4.78, 5) is 25.4. The fourth-order valence-corrected chi connectivity index (χ4v) is 3.16. The summed E-state index contributed by atoms with van der Waals surface area (Å²) in [7, 11) is 0. The molecule has 1 N–H and O–H groups in total. The lowest BCUT2D eigenvalue weighted by molar-refractivity contribution is -0.142. The van der Waals surface area contributed by atoms with E-state index in [4.69, 9.17) is 11.6 Å². The number of rotatable bonds is 3. The predicted molar refractivity (Wildman–Crippen MR) is 74.7 cm³/mol. The van der Waals surface area contributed by atoms with E-state index in [1.165, 1.54) is 0 Å². The largest absolute Gasteiger partial charge is 0.481 e. The normalized spacial score (nSPS) is 25.8. The molecular formula is C15H16ClNO3. The molecule has 1 aromatic carbocycles. The Labute approximate surface area is 122 Å². The van der Waals surface area contributed by atoms with Gasteiger partial charge in [-0.25, -0.2) is 0 Å². The van der Waals surface area contributed by atoms with Crippen molar-refractivity contribution in [1.82, 2.24) is 4.90 Å². The highest BCUT2D eigenvalue weighted by atomic mass is 35.5. The van der Waals surface area contributed by atoms with Crippen LogP contribution in [0.4, 0.5) is 0 Å². The van der Waals surface area contributed by atoms with Gasteiger partial charge in [0.05, 0.1) is 5.92 Å². The summed E-state index contributed by atoms with van der Waals surface area (Å²) in [6, 6.07) is 6.73. The van der Waals surface area contributed by atoms with Crippen LogP contribution in [0.2, 0.25) is 5.02 Å². The van der Waals surface area contributed by atoms with Gasteiger partial charge in [0.25, 0.3) is 5.91 Å². The van der Waals surface area contributed by atoms with Crippen molar-refractivity contribution in [2.45, 2.75) is 12.8 Å². The number of amides is 1. The highest BCUT2D eigenvalue weighted by molar-refractivity contribution is 6.30. The summed E-state index contributed by atoms with van der Waals surface area (Å²) in [6.45, 7) is 0.876. The van der Waals surface area contributed by atoms with E-state index in [1.807, 2.05) is 0 Å². The van der Waals surface area contributed by atoms with Crippen LogP contribution >= 0.6 is 11.6 Å². The van der Waals surface area contributed by atoms with Crippen molar-refractivity contribution in [3.63, 3.8) is 0 Å². The number of hydrogen-bond donors (Lipinski definition) is 1. The molecule has 2 atom stereocenters. The Balaban J connectivity index is 1.76. The molecule has 1 aliphatic heterocycles. The summed E-state index contributed by atoms with van der Waals surface area (Å²) in [6.07, 6.45) is 2.19. The second kappa shape index (κ2) is 5.09. The van der Waals surface area contributed by atoms with Gasteiger partial charge in [-0.2, -0.15) is 0 Å². The summed E-state index contributed by atoms with van der Waals surface area (Å²) >= 11 is 5.81. The van der Waals surface area contributed by atoms with Crippen molar-refractivity contribution in [1.29, 1.82) is 0 Å². The lowest BCUT2D eigenvalue weighted by Gasteiger charge is -2.16. The smallest absolute Gasteiger partial charge is 0.308 e. The molecule has 1 aliphatic carbocycles. The molecule has 106 valence electrons. The summed E-state index contributed by atoms with van der Waals surface area (Å²) in [5.41, 5.74) is 0.565. The third-order valence-corrected chi connectivity index (χ3v) is 4.54. The number of carbonyl (C=O) groups is 2. The average molecular weight is 294 g/mol. The molecule has 0 bridgehead atoms. The molecule has 0 radical (unpaired) electrons. The molecule has 5 heteroatoms. The molecule has 3 rings (SSSR count). The number of carboxylic acids is 1. The van der Waals surface area contributed by atoms with E-state index in [0.717, 1.165) is 12.8 Å². The quantitative estimate of drug-likeness (QED) is 0.931. The summed E-state index contributed by atoms with van der Waals surface area (Å²) in [5, 5.41) is 9.90. The van der Waals surface area contributed by atoms with Crippen LogP contribution in [0.15, 0.2) is 24.3 Å². The minimum atomic E-state index is -0.784. The number of aliphatic carboxylic acids is 1. The topological polar surface area (TPSA) is 57.6 Å². The fraction of sp³-hybridized carbons (Fsp3) is 0.467. The van der Waals surface area contributed by atoms with Crippen LogP contribution in [-0.2, 0) is 4.79 Å². The van der Waals surface area contributed by atoms with E-state index in [9.17, 15) is 14.7 Å². The molecule has 2 fully saturated rings. The number of nitrogens with zero attached hydrogens (tertiary/aromatic N) is 1. The monoisotopic (exact) mass is 293 g/mol. The number of likely N-dealkylation sites (tertiary alicyclic amines) is 1. The third-order valence-electron chi connectivity index (χ3n) is 4.29. The van der Waals surface area contributed by atoms with E-state index in [0.29, 0.717) is 29.6 Å². The Kier molecular flexibility index (Phi) is 3.42. The maximum absolute atomic E-state index is 12.4. The van der Waals surface area contributed by atoms with E-state index >= 15 is 0 Å². The SMILES string of the molecule is O=C(O)[C@H]1CN(C(=O)c2ccc(Cl)cc2)C[C@@H]1C1CC1. The molecule has 1 saturated carbocycles. The molecule has 0 unspecified atom stereocenters. The first-order valence-electron chi connectivity index (χ1n) is 6.84. The fourth-order valence-electron chi connectivity index (χ4n) is 3.03. The minimum Gasteiger partial charge on any atom is -0.481 e. The van der Waals surface area contributed by atoms with Crippen molar-refractivity contribution >= 4 is 23.5 Å². The van der Waals surface area contributed by atoms with Gasteiger partial charge in [-0.3, -0.25) is 9.59 Å². The zero-order chi connectivity index (χ0) is 14.3. The third kappa shape index (κ3) is 2.52. The van der Waals surface area contributed by atoms with Gasteiger partial charge in [-0.15, -0.1) is 0 Å². The standard InChI is InChI=1S/C15H16ClNO3/c16-11-5-3-10(4-6-11)14(18)17-7-12(9-1-2-9)13(8-17)15(19)20/h3-6,9,12-13H,1-2,7-8H2,(H,19,20)/t12-,13+/m1/s1. The average Bonchev–Trinajstić information content (AvgIpc) is 3.17. The van der Waals surface area contributed by atoms with Crippen LogP contribution in [0.5, 0.6) is 0 Å². The predicted octanol–water partition coefficient (Wildman–Crippen LogP) is 2.52. The number of halogens is 1. The summed E-state index contributed by atoms with van der Waals surface area (Å²) in [5.74, 6) is -0.703. The molecule has 2 aliphatic rings. The van der Waals surface area contributed by atoms with Crippen LogP contribution < -0.4 is 0 Å². The van der Waals surface area contributed by atoms with E-state index < -0.39 is 11.9 Å². The Morgan fingerprint density at radius 1 is 1.15 bits per heavy atom. The van der Waals surface area contributed by atoms with Gasteiger partial charge in [-0.05, 0) is 48.9 Å². The van der Waals surface area contributed by atoms with Gasteiger partial charge >= 0.3 is 5.97 Å². The minimum absolute atomic E-state index is 0.101. The van der Waals surface area contributed by atoms with Gasteiger partial charge in [0.1, 0.15) is 0 Å². The van der Waals surface area contributed by atoms with Crippen LogP contribution in [0.25, 0.3) is 0 Å². The zero-order valence-electron chi connectivity index (χ0n) is 11.0. The Hall–Kier alpha value is -1.55. The van der Waals surface area contributed by atoms with Crippen molar-refractivity contribution in [2.24, 2.45) is 17.8 Å². The molecule has 1 heterocycles. The first-order valence-corrected chi connectivity index (χ1v) is 7.21. The zero-order valence-corrected chi connectivity index (χ0v) is 11.7. The first-order chi connectivity index (χ1) is 9.56. The Bertz CT molecular complexity index is 539. The number of hydrogen-bond acceptors (Lipinski definition) is 2. The molecule has 1 saturated heterocycles. The first kappa shape index (κ1) is 13.4. The van der Waals surface area contributed by atoms with E-state index in [1.54, 1.807) is 29.2 Å². The number of benzene rings is 1. The second-order valence-corrected chi connectivity index (χ2v) is 6.10. The molecule has 20 heavy (non-hydrogen) atoms. The van der Waals surface area contributed by atoms with Gasteiger partial charge in [0, 0.05) is 23.7 Å². The highest BCUT2D eigenvalue weighted by Crippen LogP contribution is 2.44. The highest BCUT2D eigenvalue weighted by Gasteiger charge is 2.46. The maximum atomic E-state index is 12.4. The molecule has 1 amide bonds. The van der Waals surface area contributed by atoms with Crippen molar-refractivity contribution < 1.29 is 14.7 Å². The molecule has 1 aromatic rings. The van der Waals surface area contributed by atoms with Crippen molar-refractivity contribution in [3.8, 4) is 0 Å². The van der Waals surface area contributed by atoms with Crippen LogP contribution in [0, 0.1) is 17.8 Å². The summed E-state index contributed by atoms with van der Waals surface area (Å²) < 4.78 is 0. The van der Waals surface area contributed by atoms with E-state index in [-0.39, 0.29) is 11.8 Å². The molecular weight excluding hydrogens is 278 g/mol. The maximum Gasteiger partial charge on any atom is 0.308 e. The Morgan fingerprint density at radius 2 is 1.80 bits per heavy atom. The molecule has 0 spiro atoms. The van der Waals surface area contributed by atoms with Gasteiger partial charge in [0.15, 0.2) is 0 Å². The van der Waals surface area contributed by atoms with Crippen LogP contribution in [0.1, 0.15) is 23.2 Å². The second-order valence-electron chi connectivity index (χ2n) is 5.66. The lowest BCUT2D eigenvalue weighted by atomic mass is 9.92. The van der Waals surface area contributed by atoms with E-state index in [2.05, 4.69) is 0 Å². The van der Waals surface area contributed by atoms with Crippen LogP contribution in [0.3, 0.4) is 0 Å². The lowest BCUT2D eigenvalue weighted by Crippen LogP contribution is -2.29. The number of carboxylic acid groups (broad SMARTS) is 1. The molecule has 0 aromatic heterocycles. The van der Waals surface area contributed by atoms with Crippen molar-refractivity contribution in [2.75, 3.05) is 13.1 Å².